The van der Waals surface area contributed by atoms with Gasteiger partial charge in [-0.1, -0.05) is 5.16 Å². The minimum absolute atomic E-state index is 0.229. The van der Waals surface area contributed by atoms with Crippen LogP contribution in [0.2, 0.25) is 0 Å². The molecule has 0 aliphatic heterocycles. The maximum atomic E-state index is 12.3. The molecule has 0 unspecified atom stereocenters. The summed E-state index contributed by atoms with van der Waals surface area (Å²) in [7, 11) is 1.50. The van der Waals surface area contributed by atoms with Crippen molar-refractivity contribution in [2.75, 3.05) is 17.7 Å². The van der Waals surface area contributed by atoms with Crippen molar-refractivity contribution in [2.24, 2.45) is 0 Å². The lowest BCUT2D eigenvalue weighted by atomic mass is 10.2. The third-order valence-electron chi connectivity index (χ3n) is 3.03. The van der Waals surface area contributed by atoms with Gasteiger partial charge >= 0.3 is 0 Å². The van der Waals surface area contributed by atoms with Crippen LogP contribution < -0.4 is 15.4 Å². The van der Waals surface area contributed by atoms with E-state index in [1.807, 2.05) is 0 Å². The van der Waals surface area contributed by atoms with Crippen molar-refractivity contribution in [1.29, 1.82) is 0 Å². The van der Waals surface area contributed by atoms with Gasteiger partial charge in [0, 0.05) is 12.6 Å². The van der Waals surface area contributed by atoms with E-state index in [0.29, 0.717) is 34.1 Å². The third kappa shape index (κ3) is 3.25. The summed E-state index contributed by atoms with van der Waals surface area (Å²) in [5.74, 6) is 0.402. The molecule has 22 heavy (non-hydrogen) atoms. The number of carbonyl (C=O) groups is 2. The van der Waals surface area contributed by atoms with Gasteiger partial charge in [0.2, 0.25) is 5.91 Å². The highest BCUT2D eigenvalue weighted by atomic mass is 16.5. The molecule has 1 aromatic carbocycles. The molecular formula is C15H17N3O4. The first-order chi connectivity index (χ1) is 10.4. The van der Waals surface area contributed by atoms with Gasteiger partial charge in [0.1, 0.15) is 17.1 Å². The van der Waals surface area contributed by atoms with Crippen LogP contribution in [0.3, 0.4) is 0 Å². The molecule has 0 saturated heterocycles. The van der Waals surface area contributed by atoms with Gasteiger partial charge < -0.3 is 19.9 Å². The summed E-state index contributed by atoms with van der Waals surface area (Å²) in [4.78, 5) is 23.5. The van der Waals surface area contributed by atoms with Crippen LogP contribution in [0.15, 0.2) is 22.7 Å². The summed E-state index contributed by atoms with van der Waals surface area (Å²) in [5.41, 5.74) is 1.92. The number of rotatable bonds is 4. The summed E-state index contributed by atoms with van der Waals surface area (Å²) in [6.07, 6.45) is 0. The van der Waals surface area contributed by atoms with Crippen molar-refractivity contribution in [3.05, 3.63) is 35.2 Å². The van der Waals surface area contributed by atoms with Gasteiger partial charge in [0.15, 0.2) is 0 Å². The first-order valence-corrected chi connectivity index (χ1v) is 6.62. The smallest absolute Gasteiger partial charge is 0.261 e. The fraction of sp³-hybridized carbons (Fsp3) is 0.267. The number of aromatic nitrogens is 1. The third-order valence-corrected chi connectivity index (χ3v) is 3.03. The lowest BCUT2D eigenvalue weighted by Crippen LogP contribution is -2.14. The molecule has 0 atom stereocenters. The van der Waals surface area contributed by atoms with Crippen molar-refractivity contribution in [3.63, 3.8) is 0 Å². The van der Waals surface area contributed by atoms with Crippen LogP contribution >= 0.6 is 0 Å². The van der Waals surface area contributed by atoms with E-state index in [4.69, 9.17) is 9.26 Å². The Morgan fingerprint density at radius 1 is 1.23 bits per heavy atom. The molecule has 1 aromatic heterocycles. The molecule has 0 spiro atoms. The molecule has 0 aliphatic rings. The number of ether oxygens (including phenoxy) is 1. The predicted molar refractivity (Wildman–Crippen MR) is 81.2 cm³/mol. The molecule has 1 heterocycles. The van der Waals surface area contributed by atoms with Crippen LogP contribution in [0.4, 0.5) is 11.4 Å². The average molecular weight is 303 g/mol. The highest BCUT2D eigenvalue weighted by Crippen LogP contribution is 2.28. The molecule has 0 radical (unpaired) electrons. The number of carbonyl (C=O) groups excluding carboxylic acids is 2. The maximum absolute atomic E-state index is 12.3. The maximum Gasteiger partial charge on any atom is 0.261 e. The molecule has 0 fully saturated rings. The molecule has 7 nitrogen and oxygen atoms in total. The molecule has 0 aliphatic carbocycles. The first-order valence-electron chi connectivity index (χ1n) is 6.62. The first kappa shape index (κ1) is 15.6. The van der Waals surface area contributed by atoms with Crippen LogP contribution in [0.25, 0.3) is 0 Å². The monoisotopic (exact) mass is 303 g/mol. The predicted octanol–water partition coefficient (Wildman–Crippen LogP) is 2.51. The van der Waals surface area contributed by atoms with Crippen LogP contribution in [0, 0.1) is 13.8 Å². The second-order valence-corrected chi connectivity index (χ2v) is 4.75. The van der Waals surface area contributed by atoms with Gasteiger partial charge in [-0.25, -0.2) is 0 Å². The molecule has 0 bridgehead atoms. The number of hydrogen-bond donors (Lipinski definition) is 2. The molecule has 2 amide bonds. The Kier molecular flexibility index (Phi) is 4.45. The Balaban J connectivity index is 2.26. The number of aryl methyl sites for hydroxylation is 2. The van der Waals surface area contributed by atoms with Gasteiger partial charge in [-0.2, -0.15) is 0 Å². The van der Waals surface area contributed by atoms with E-state index in [1.165, 1.54) is 14.0 Å². The van der Waals surface area contributed by atoms with Gasteiger partial charge in [0.05, 0.1) is 18.5 Å². The van der Waals surface area contributed by atoms with E-state index in [9.17, 15) is 9.59 Å². The molecular weight excluding hydrogens is 286 g/mol. The van der Waals surface area contributed by atoms with Crippen molar-refractivity contribution in [2.45, 2.75) is 20.8 Å². The minimum atomic E-state index is -0.324. The Bertz CT molecular complexity index is 702. The van der Waals surface area contributed by atoms with Gasteiger partial charge in [-0.3, -0.25) is 9.59 Å². The molecule has 0 saturated carbocycles. The number of hydrogen-bond acceptors (Lipinski definition) is 5. The Morgan fingerprint density at radius 2 is 1.95 bits per heavy atom. The van der Waals surface area contributed by atoms with Gasteiger partial charge in [-0.15, -0.1) is 0 Å². The SMILES string of the molecule is COc1ccc(NC(=O)c2c(C)noc2C)cc1NC(C)=O. The number of nitrogens with zero attached hydrogens (tertiary/aromatic N) is 1. The number of methoxy groups -OCH3 is 1. The van der Waals surface area contributed by atoms with Crippen LogP contribution in [0.5, 0.6) is 5.75 Å². The highest BCUT2D eigenvalue weighted by molar-refractivity contribution is 6.06. The van der Waals surface area contributed by atoms with Crippen LogP contribution in [-0.4, -0.2) is 24.1 Å². The average Bonchev–Trinajstić information content (AvgIpc) is 2.78. The Labute approximate surface area is 127 Å². The summed E-state index contributed by atoms with van der Waals surface area (Å²) in [6, 6.07) is 4.96. The largest absolute Gasteiger partial charge is 0.495 e. The summed E-state index contributed by atoms with van der Waals surface area (Å²) < 4.78 is 10.1. The lowest BCUT2D eigenvalue weighted by Gasteiger charge is -2.11. The second-order valence-electron chi connectivity index (χ2n) is 4.75. The fourth-order valence-corrected chi connectivity index (χ4v) is 2.07. The van der Waals surface area contributed by atoms with Crippen molar-refractivity contribution in [3.8, 4) is 5.75 Å². The zero-order valence-electron chi connectivity index (χ0n) is 12.8. The van der Waals surface area contributed by atoms with E-state index in [2.05, 4.69) is 15.8 Å². The number of anilines is 2. The zero-order valence-corrected chi connectivity index (χ0v) is 12.8. The normalized spacial score (nSPS) is 10.2. The van der Waals surface area contributed by atoms with Crippen molar-refractivity contribution in [1.82, 2.24) is 5.16 Å². The van der Waals surface area contributed by atoms with E-state index in [0.717, 1.165) is 0 Å². The summed E-state index contributed by atoms with van der Waals surface area (Å²) in [6.45, 7) is 4.77. The van der Waals surface area contributed by atoms with Crippen LogP contribution in [-0.2, 0) is 4.79 Å². The van der Waals surface area contributed by atoms with Gasteiger partial charge in [0.25, 0.3) is 5.91 Å². The minimum Gasteiger partial charge on any atom is -0.495 e. The van der Waals surface area contributed by atoms with E-state index in [1.54, 1.807) is 32.0 Å². The Hall–Kier alpha value is -2.83. The Morgan fingerprint density at radius 3 is 2.50 bits per heavy atom. The standard InChI is InChI=1S/C15H17N3O4/c1-8-14(9(2)22-18-8)15(20)17-11-5-6-13(21-4)12(7-11)16-10(3)19/h5-7H,1-4H3,(H,16,19)(H,17,20). The van der Waals surface area contributed by atoms with Crippen molar-refractivity contribution < 1.29 is 18.8 Å². The molecule has 7 heteroatoms. The summed E-state index contributed by atoms with van der Waals surface area (Å²) >= 11 is 0. The molecule has 2 rings (SSSR count). The number of benzene rings is 1. The van der Waals surface area contributed by atoms with E-state index in [-0.39, 0.29) is 11.8 Å². The molecule has 116 valence electrons. The topological polar surface area (TPSA) is 93.5 Å². The van der Waals surface area contributed by atoms with E-state index < -0.39 is 0 Å². The molecule has 2 aromatic rings. The highest BCUT2D eigenvalue weighted by Gasteiger charge is 2.18. The fourth-order valence-electron chi connectivity index (χ4n) is 2.07. The zero-order chi connectivity index (χ0) is 16.3. The quantitative estimate of drug-likeness (QED) is 0.905. The van der Waals surface area contributed by atoms with Crippen LogP contribution in [0.1, 0.15) is 28.7 Å². The summed E-state index contributed by atoms with van der Waals surface area (Å²) in [5, 5.41) is 9.14. The van der Waals surface area contributed by atoms with E-state index >= 15 is 0 Å². The van der Waals surface area contributed by atoms with Crippen molar-refractivity contribution >= 4 is 23.2 Å². The second kappa shape index (κ2) is 6.30. The van der Waals surface area contributed by atoms with Gasteiger partial charge in [-0.05, 0) is 32.0 Å². The molecule has 2 N–H and O–H groups in total. The number of amides is 2. The lowest BCUT2D eigenvalue weighted by molar-refractivity contribution is -0.114. The number of nitrogens with one attached hydrogen (secondary N) is 2.